The van der Waals surface area contributed by atoms with Gasteiger partial charge in [0.05, 0.1) is 32.0 Å². The lowest BCUT2D eigenvalue weighted by molar-refractivity contribution is 0.0939. The third-order valence-electron chi connectivity index (χ3n) is 3.94. The molecule has 2 heterocycles. The topological polar surface area (TPSA) is 81.7 Å². The molecule has 1 amide bonds. The highest BCUT2D eigenvalue weighted by Gasteiger charge is 2.16. The van der Waals surface area contributed by atoms with Crippen molar-refractivity contribution in [3.8, 4) is 5.75 Å². The van der Waals surface area contributed by atoms with Gasteiger partial charge in [0.25, 0.3) is 5.91 Å². The number of hydrogen-bond donors (Lipinski definition) is 1. The van der Waals surface area contributed by atoms with E-state index < -0.39 is 0 Å². The molecule has 1 N–H and O–H groups in total. The molecule has 0 spiro atoms. The van der Waals surface area contributed by atoms with Crippen molar-refractivity contribution in [2.75, 3.05) is 7.11 Å². The summed E-state index contributed by atoms with van der Waals surface area (Å²) in [6.45, 7) is 0.289. The number of carbonyl (C=O) groups excluding carboxylic acids is 1. The summed E-state index contributed by atoms with van der Waals surface area (Å²) >= 11 is 5.95. The summed E-state index contributed by atoms with van der Waals surface area (Å²) in [7, 11) is 3.29. The van der Waals surface area contributed by atoms with E-state index in [4.69, 9.17) is 20.8 Å². The maximum absolute atomic E-state index is 12.5. The largest absolute Gasteiger partial charge is 0.496 e. The number of amides is 1. The summed E-state index contributed by atoms with van der Waals surface area (Å²) in [5.41, 5.74) is 2.55. The number of rotatable bonds is 7. The van der Waals surface area contributed by atoms with Gasteiger partial charge in [-0.1, -0.05) is 0 Å². The SMILES string of the molecule is COc1ccc(C=Nc2cnn(C)c2C(=O)NCc2ccco2)cc1CCl. The summed E-state index contributed by atoms with van der Waals surface area (Å²) in [6, 6.07) is 9.15. The van der Waals surface area contributed by atoms with Crippen LogP contribution in [0.5, 0.6) is 5.75 Å². The fraction of sp³-hybridized carbons (Fsp3) is 0.211. The number of nitrogens with zero attached hydrogens (tertiary/aromatic N) is 3. The first kappa shape index (κ1) is 18.7. The van der Waals surface area contributed by atoms with Gasteiger partial charge in [-0.3, -0.25) is 14.5 Å². The number of carbonyl (C=O) groups is 1. The number of aromatic nitrogens is 2. The van der Waals surface area contributed by atoms with E-state index in [2.05, 4.69) is 15.4 Å². The highest BCUT2D eigenvalue weighted by Crippen LogP contribution is 2.22. The lowest BCUT2D eigenvalue weighted by atomic mass is 10.1. The summed E-state index contributed by atoms with van der Waals surface area (Å²) < 4.78 is 12.0. The van der Waals surface area contributed by atoms with E-state index in [9.17, 15) is 4.79 Å². The van der Waals surface area contributed by atoms with E-state index in [1.165, 1.54) is 4.68 Å². The Hall–Kier alpha value is -3.06. The van der Waals surface area contributed by atoms with Crippen LogP contribution in [0.3, 0.4) is 0 Å². The van der Waals surface area contributed by atoms with Gasteiger partial charge in [-0.15, -0.1) is 11.6 Å². The van der Waals surface area contributed by atoms with Crippen molar-refractivity contribution in [3.05, 3.63) is 65.4 Å². The van der Waals surface area contributed by atoms with E-state index in [0.717, 1.165) is 16.9 Å². The second-order valence-electron chi connectivity index (χ2n) is 5.73. The molecule has 0 radical (unpaired) electrons. The zero-order valence-electron chi connectivity index (χ0n) is 15.0. The fourth-order valence-corrected chi connectivity index (χ4v) is 2.78. The highest BCUT2D eigenvalue weighted by molar-refractivity contribution is 6.17. The van der Waals surface area contributed by atoms with E-state index in [1.54, 1.807) is 45.0 Å². The van der Waals surface area contributed by atoms with Crippen LogP contribution in [0.25, 0.3) is 0 Å². The zero-order valence-corrected chi connectivity index (χ0v) is 15.7. The highest BCUT2D eigenvalue weighted by atomic mass is 35.5. The minimum atomic E-state index is -0.283. The zero-order chi connectivity index (χ0) is 19.2. The number of benzene rings is 1. The molecular weight excluding hydrogens is 368 g/mol. The molecule has 140 valence electrons. The Labute approximate surface area is 161 Å². The summed E-state index contributed by atoms with van der Waals surface area (Å²) in [4.78, 5) is 16.9. The summed E-state index contributed by atoms with van der Waals surface area (Å²) in [5, 5.41) is 6.93. The molecule has 0 unspecified atom stereocenters. The molecule has 2 aromatic heterocycles. The molecule has 3 rings (SSSR count). The van der Waals surface area contributed by atoms with Crippen LogP contribution in [0.1, 0.15) is 27.4 Å². The van der Waals surface area contributed by atoms with Crippen LogP contribution in [-0.4, -0.2) is 29.0 Å². The third kappa shape index (κ3) is 4.38. The predicted molar refractivity (Wildman–Crippen MR) is 103 cm³/mol. The second-order valence-corrected chi connectivity index (χ2v) is 5.99. The molecule has 1 aromatic carbocycles. The van der Waals surface area contributed by atoms with Gasteiger partial charge in [0.2, 0.25) is 0 Å². The Morgan fingerprint density at radius 2 is 2.30 bits per heavy atom. The average Bonchev–Trinajstić information content (AvgIpc) is 3.33. The number of methoxy groups -OCH3 is 1. The first-order chi connectivity index (χ1) is 13.1. The maximum Gasteiger partial charge on any atom is 0.272 e. The fourth-order valence-electron chi connectivity index (χ4n) is 2.58. The molecule has 8 heteroatoms. The Bertz CT molecular complexity index is 948. The van der Waals surface area contributed by atoms with Crippen molar-refractivity contribution in [3.63, 3.8) is 0 Å². The van der Waals surface area contributed by atoms with Gasteiger partial charge in [0.15, 0.2) is 5.69 Å². The molecule has 0 aliphatic heterocycles. The minimum absolute atomic E-state index is 0.283. The number of hydrogen-bond acceptors (Lipinski definition) is 5. The molecule has 0 atom stereocenters. The van der Waals surface area contributed by atoms with Gasteiger partial charge in [0, 0.05) is 18.8 Å². The second kappa shape index (κ2) is 8.55. The standard InChI is InChI=1S/C19H19ClN4O3/c1-24-18(19(25)22-11-15-4-3-7-27-15)16(12-23-24)21-10-13-5-6-17(26-2)14(8-13)9-20/h3-8,10,12H,9,11H2,1-2H3,(H,22,25). The van der Waals surface area contributed by atoms with Crippen LogP contribution in [-0.2, 0) is 19.5 Å². The minimum Gasteiger partial charge on any atom is -0.496 e. The molecule has 0 aliphatic rings. The number of aryl methyl sites for hydroxylation is 1. The van der Waals surface area contributed by atoms with Crippen molar-refractivity contribution >= 4 is 29.4 Å². The van der Waals surface area contributed by atoms with Crippen LogP contribution in [0, 0.1) is 0 Å². The number of alkyl halides is 1. The maximum atomic E-state index is 12.5. The van der Waals surface area contributed by atoms with Gasteiger partial charge in [-0.2, -0.15) is 5.10 Å². The molecule has 7 nitrogen and oxygen atoms in total. The smallest absolute Gasteiger partial charge is 0.272 e. The number of halogens is 1. The van der Waals surface area contributed by atoms with Gasteiger partial charge in [0.1, 0.15) is 17.2 Å². The molecule has 0 saturated heterocycles. The Morgan fingerprint density at radius 3 is 3.00 bits per heavy atom. The quantitative estimate of drug-likeness (QED) is 0.498. The van der Waals surface area contributed by atoms with Crippen molar-refractivity contribution in [1.82, 2.24) is 15.1 Å². The number of aliphatic imine (C=N–C) groups is 1. The summed E-state index contributed by atoms with van der Waals surface area (Å²) in [5.74, 6) is 1.44. The molecule has 27 heavy (non-hydrogen) atoms. The summed E-state index contributed by atoms with van der Waals surface area (Å²) in [6.07, 6.45) is 4.77. The van der Waals surface area contributed by atoms with E-state index in [1.807, 2.05) is 18.2 Å². The average molecular weight is 387 g/mol. The van der Waals surface area contributed by atoms with Crippen LogP contribution < -0.4 is 10.1 Å². The van der Waals surface area contributed by atoms with Crippen LogP contribution in [0.4, 0.5) is 5.69 Å². The predicted octanol–water partition coefficient (Wildman–Crippen LogP) is 3.44. The Morgan fingerprint density at radius 1 is 1.44 bits per heavy atom. The molecule has 0 aliphatic carbocycles. The lowest BCUT2D eigenvalue weighted by Crippen LogP contribution is -2.25. The Balaban J connectivity index is 1.77. The van der Waals surface area contributed by atoms with Gasteiger partial charge >= 0.3 is 0 Å². The van der Waals surface area contributed by atoms with Crippen molar-refractivity contribution in [2.24, 2.45) is 12.0 Å². The number of furan rings is 1. The third-order valence-corrected chi connectivity index (χ3v) is 4.23. The van der Waals surface area contributed by atoms with Crippen molar-refractivity contribution in [2.45, 2.75) is 12.4 Å². The lowest BCUT2D eigenvalue weighted by Gasteiger charge is -2.06. The normalized spacial score (nSPS) is 11.1. The Kier molecular flexibility index (Phi) is 5.93. The first-order valence-electron chi connectivity index (χ1n) is 8.22. The van der Waals surface area contributed by atoms with Gasteiger partial charge < -0.3 is 14.5 Å². The molecule has 0 bridgehead atoms. The molecule has 3 aromatic rings. The molecule has 0 saturated carbocycles. The van der Waals surface area contributed by atoms with Crippen LogP contribution >= 0.6 is 11.6 Å². The molecular formula is C19H19ClN4O3. The van der Waals surface area contributed by atoms with E-state index >= 15 is 0 Å². The molecule has 0 fully saturated rings. The van der Waals surface area contributed by atoms with Crippen LogP contribution in [0.15, 0.2) is 52.2 Å². The monoisotopic (exact) mass is 386 g/mol. The first-order valence-corrected chi connectivity index (χ1v) is 8.75. The number of ether oxygens (including phenoxy) is 1. The van der Waals surface area contributed by atoms with Crippen molar-refractivity contribution < 1.29 is 13.9 Å². The number of nitrogens with one attached hydrogen (secondary N) is 1. The van der Waals surface area contributed by atoms with E-state index in [-0.39, 0.29) is 12.5 Å². The van der Waals surface area contributed by atoms with E-state index in [0.29, 0.717) is 23.0 Å². The van der Waals surface area contributed by atoms with Crippen LogP contribution in [0.2, 0.25) is 0 Å². The van der Waals surface area contributed by atoms with Gasteiger partial charge in [-0.25, -0.2) is 0 Å². The van der Waals surface area contributed by atoms with Crippen molar-refractivity contribution in [1.29, 1.82) is 0 Å². The van der Waals surface area contributed by atoms with Gasteiger partial charge in [-0.05, 0) is 35.9 Å².